The molecule has 1 aromatic carbocycles. The number of benzene rings is 1. The molecule has 2 unspecified atom stereocenters. The fraction of sp³-hybridized carbons (Fsp3) is 0.684. The van der Waals surface area contributed by atoms with Crippen molar-refractivity contribution >= 4 is 9.73 Å². The van der Waals surface area contributed by atoms with Crippen LogP contribution in [0.25, 0.3) is 0 Å². The summed E-state index contributed by atoms with van der Waals surface area (Å²) in [7, 11) is -1.07. The SMILES string of the molecule is CN=S(=O)(CC[C@H]1OC(C2CCCC2)[C@@H](O)[C@@H](O)[C@@H]1O)c1ccccc1. The van der Waals surface area contributed by atoms with Gasteiger partial charge in [0.2, 0.25) is 0 Å². The molecule has 0 amide bonds. The molecule has 7 heteroatoms. The summed E-state index contributed by atoms with van der Waals surface area (Å²) in [5.41, 5.74) is 0. The first kappa shape index (κ1) is 19.8. The van der Waals surface area contributed by atoms with Gasteiger partial charge in [-0.2, -0.15) is 0 Å². The van der Waals surface area contributed by atoms with Gasteiger partial charge in [0, 0.05) is 17.7 Å². The second-order valence-electron chi connectivity index (χ2n) is 7.28. The number of aliphatic hydroxyl groups excluding tert-OH is 3. The number of hydrogen-bond acceptors (Lipinski definition) is 6. The lowest BCUT2D eigenvalue weighted by Crippen LogP contribution is -2.59. The van der Waals surface area contributed by atoms with Gasteiger partial charge in [0.1, 0.15) is 18.3 Å². The summed E-state index contributed by atoms with van der Waals surface area (Å²) in [6, 6.07) is 9.07. The number of rotatable bonds is 5. The van der Waals surface area contributed by atoms with E-state index in [9.17, 15) is 19.5 Å². The predicted molar refractivity (Wildman–Crippen MR) is 99.3 cm³/mol. The van der Waals surface area contributed by atoms with Gasteiger partial charge in [0.05, 0.1) is 21.9 Å². The van der Waals surface area contributed by atoms with Crippen LogP contribution in [0.1, 0.15) is 32.1 Å². The van der Waals surface area contributed by atoms with Crippen molar-refractivity contribution in [1.82, 2.24) is 0 Å². The minimum atomic E-state index is -2.61. The Morgan fingerprint density at radius 1 is 1.08 bits per heavy atom. The Labute approximate surface area is 155 Å². The summed E-state index contributed by atoms with van der Waals surface area (Å²) in [4.78, 5) is 0.653. The largest absolute Gasteiger partial charge is 0.388 e. The second kappa shape index (κ2) is 8.35. The minimum Gasteiger partial charge on any atom is -0.388 e. The van der Waals surface area contributed by atoms with Crippen molar-refractivity contribution < 1.29 is 24.3 Å². The third kappa shape index (κ3) is 3.97. The third-order valence-corrected chi connectivity index (χ3v) is 8.09. The fourth-order valence-corrected chi connectivity index (χ4v) is 5.88. The van der Waals surface area contributed by atoms with E-state index in [2.05, 4.69) is 4.36 Å². The maximum Gasteiger partial charge on any atom is 0.111 e. The van der Waals surface area contributed by atoms with Gasteiger partial charge in [0.15, 0.2) is 0 Å². The summed E-state index contributed by atoms with van der Waals surface area (Å²) >= 11 is 0. The van der Waals surface area contributed by atoms with Crippen molar-refractivity contribution in [2.45, 2.75) is 67.5 Å². The highest BCUT2D eigenvalue weighted by Gasteiger charge is 2.46. The summed E-state index contributed by atoms with van der Waals surface area (Å²) in [6.45, 7) is 0. The van der Waals surface area contributed by atoms with Gasteiger partial charge in [0.25, 0.3) is 0 Å². The Bertz CT molecular complexity index is 697. The van der Waals surface area contributed by atoms with Gasteiger partial charge >= 0.3 is 0 Å². The van der Waals surface area contributed by atoms with E-state index in [1.54, 1.807) is 12.1 Å². The van der Waals surface area contributed by atoms with Crippen LogP contribution in [-0.4, -0.2) is 62.8 Å². The van der Waals surface area contributed by atoms with Crippen molar-refractivity contribution in [3.05, 3.63) is 30.3 Å². The number of ether oxygens (including phenoxy) is 1. The summed E-state index contributed by atoms with van der Waals surface area (Å²) < 4.78 is 23.3. The molecule has 26 heavy (non-hydrogen) atoms. The highest BCUT2D eigenvalue weighted by Crippen LogP contribution is 2.36. The molecule has 2 aliphatic rings. The Hall–Kier alpha value is -0.990. The quantitative estimate of drug-likeness (QED) is 0.717. The first-order valence-corrected chi connectivity index (χ1v) is 11.0. The monoisotopic (exact) mass is 383 g/mol. The van der Waals surface area contributed by atoms with E-state index in [1.165, 1.54) is 7.05 Å². The zero-order chi connectivity index (χ0) is 18.7. The Morgan fingerprint density at radius 3 is 2.35 bits per heavy atom. The van der Waals surface area contributed by atoms with Crippen LogP contribution < -0.4 is 0 Å². The van der Waals surface area contributed by atoms with Crippen LogP contribution in [0.2, 0.25) is 0 Å². The maximum atomic E-state index is 13.2. The van der Waals surface area contributed by atoms with E-state index in [0.717, 1.165) is 25.7 Å². The summed E-state index contributed by atoms with van der Waals surface area (Å²) in [6.07, 6.45) is -0.251. The molecule has 2 fully saturated rings. The molecule has 1 aliphatic heterocycles. The molecule has 1 heterocycles. The molecule has 1 saturated heterocycles. The van der Waals surface area contributed by atoms with Crippen LogP contribution >= 0.6 is 0 Å². The molecule has 0 spiro atoms. The van der Waals surface area contributed by atoms with Crippen molar-refractivity contribution in [2.24, 2.45) is 10.3 Å². The lowest BCUT2D eigenvalue weighted by molar-refractivity contribution is -0.234. The molecule has 146 valence electrons. The summed E-state index contributed by atoms with van der Waals surface area (Å²) in [5.74, 6) is 0.430. The highest BCUT2D eigenvalue weighted by molar-refractivity contribution is 7.93. The fourth-order valence-electron chi connectivity index (χ4n) is 4.12. The number of hydrogen-bond donors (Lipinski definition) is 3. The minimum absolute atomic E-state index is 0.198. The van der Waals surface area contributed by atoms with Gasteiger partial charge in [-0.15, -0.1) is 0 Å². The van der Waals surface area contributed by atoms with E-state index in [-0.39, 0.29) is 11.7 Å². The van der Waals surface area contributed by atoms with Crippen molar-refractivity contribution in [2.75, 3.05) is 12.8 Å². The third-order valence-electron chi connectivity index (χ3n) is 5.70. The predicted octanol–water partition coefficient (Wildman–Crippen LogP) is 1.57. The van der Waals surface area contributed by atoms with Gasteiger partial charge in [-0.1, -0.05) is 31.0 Å². The number of nitrogens with zero attached hydrogens (tertiary/aromatic N) is 1. The van der Waals surface area contributed by atoms with Gasteiger partial charge in [-0.25, -0.2) is 8.57 Å². The molecular weight excluding hydrogens is 354 g/mol. The normalized spacial score (nSPS) is 35.2. The van der Waals surface area contributed by atoms with Crippen LogP contribution in [0.15, 0.2) is 39.6 Å². The second-order valence-corrected chi connectivity index (χ2v) is 9.81. The first-order chi connectivity index (χ1) is 12.5. The zero-order valence-corrected chi connectivity index (χ0v) is 15.9. The van der Waals surface area contributed by atoms with Crippen molar-refractivity contribution in [3.63, 3.8) is 0 Å². The van der Waals surface area contributed by atoms with Crippen LogP contribution in [0.4, 0.5) is 0 Å². The highest BCUT2D eigenvalue weighted by atomic mass is 32.2. The molecule has 0 bridgehead atoms. The van der Waals surface area contributed by atoms with Crippen LogP contribution in [0, 0.1) is 5.92 Å². The molecule has 1 aliphatic carbocycles. The Kier molecular flexibility index (Phi) is 6.35. The zero-order valence-electron chi connectivity index (χ0n) is 15.1. The molecule has 3 rings (SSSR count). The average Bonchev–Trinajstić information content (AvgIpc) is 3.20. The van der Waals surface area contributed by atoms with Gasteiger partial charge in [-0.05, 0) is 37.3 Å². The molecule has 1 saturated carbocycles. The van der Waals surface area contributed by atoms with Crippen LogP contribution in [0.5, 0.6) is 0 Å². The maximum absolute atomic E-state index is 13.2. The van der Waals surface area contributed by atoms with Crippen molar-refractivity contribution in [1.29, 1.82) is 0 Å². The average molecular weight is 384 g/mol. The molecule has 6 nitrogen and oxygen atoms in total. The van der Waals surface area contributed by atoms with Crippen LogP contribution in [-0.2, 0) is 14.5 Å². The topological polar surface area (TPSA) is 99.4 Å². The van der Waals surface area contributed by atoms with E-state index in [0.29, 0.717) is 11.3 Å². The molecule has 1 aromatic rings. The molecule has 3 N–H and O–H groups in total. The lowest BCUT2D eigenvalue weighted by Gasteiger charge is -2.43. The molecular formula is C19H29NO5S. The Morgan fingerprint density at radius 2 is 1.73 bits per heavy atom. The van der Waals surface area contributed by atoms with Crippen molar-refractivity contribution in [3.8, 4) is 0 Å². The van der Waals surface area contributed by atoms with E-state index in [1.807, 2.05) is 18.2 Å². The Balaban J connectivity index is 1.72. The van der Waals surface area contributed by atoms with Gasteiger partial charge in [-0.3, -0.25) is 0 Å². The van der Waals surface area contributed by atoms with E-state index < -0.39 is 40.2 Å². The van der Waals surface area contributed by atoms with Gasteiger partial charge < -0.3 is 20.1 Å². The first-order valence-electron chi connectivity index (χ1n) is 9.34. The number of aliphatic hydroxyl groups is 3. The smallest absolute Gasteiger partial charge is 0.111 e. The van der Waals surface area contributed by atoms with Crippen LogP contribution in [0.3, 0.4) is 0 Å². The standard InChI is InChI=1S/C19H29NO5S/c1-20-26(24,14-9-3-2-4-10-14)12-11-15-16(21)17(22)18(23)19(25-15)13-7-5-6-8-13/h2-4,9-10,13,15-19,21-23H,5-8,11-12H2,1H3/t15-,16-,17+,18+,19?,26?/m1/s1. The summed E-state index contributed by atoms with van der Waals surface area (Å²) in [5, 5.41) is 31.0. The molecule has 6 atom stereocenters. The van der Waals surface area contributed by atoms with E-state index >= 15 is 0 Å². The van der Waals surface area contributed by atoms with E-state index in [4.69, 9.17) is 4.74 Å². The molecule has 0 radical (unpaired) electrons. The molecule has 0 aromatic heterocycles. The lowest BCUT2D eigenvalue weighted by atomic mass is 9.86.